The molecule has 0 fully saturated rings. The summed E-state index contributed by atoms with van der Waals surface area (Å²) in [6.07, 6.45) is 0. The molecular weight excluding hydrogens is 316 g/mol. The van der Waals surface area contributed by atoms with Gasteiger partial charge < -0.3 is 5.32 Å². The second kappa shape index (κ2) is 6.17. The van der Waals surface area contributed by atoms with Crippen LogP contribution in [0.1, 0.15) is 23.7 Å². The average molecular weight is 332 g/mol. The average Bonchev–Trinajstić information content (AvgIpc) is 2.95. The van der Waals surface area contributed by atoms with E-state index in [0.29, 0.717) is 12.6 Å². The van der Waals surface area contributed by atoms with E-state index < -0.39 is 10.0 Å². The summed E-state index contributed by atoms with van der Waals surface area (Å²) in [4.78, 5) is 1.24. The van der Waals surface area contributed by atoms with Gasteiger partial charge in [0.15, 0.2) is 0 Å². The molecule has 2 aromatic heterocycles. The largest absolute Gasteiger partial charge is 0.310 e. The Morgan fingerprint density at radius 1 is 1.35 bits per heavy atom. The normalized spacial score (nSPS) is 12.0. The van der Waals surface area contributed by atoms with E-state index in [4.69, 9.17) is 0 Å². The molecule has 0 radical (unpaired) electrons. The van der Waals surface area contributed by atoms with Gasteiger partial charge in [0.25, 0.3) is 10.0 Å². The molecule has 9 heteroatoms. The Morgan fingerprint density at radius 2 is 2.10 bits per heavy atom. The Balaban J connectivity index is 2.09. The van der Waals surface area contributed by atoms with Gasteiger partial charge >= 0.3 is 0 Å². The van der Waals surface area contributed by atoms with Gasteiger partial charge in [0.2, 0.25) is 5.13 Å². The molecule has 6 nitrogen and oxygen atoms in total. The van der Waals surface area contributed by atoms with Gasteiger partial charge in [-0.05, 0) is 13.0 Å². The lowest BCUT2D eigenvalue weighted by molar-refractivity contribution is 0.592. The molecule has 0 aliphatic heterocycles. The number of anilines is 1. The van der Waals surface area contributed by atoms with Crippen LogP contribution in [-0.4, -0.2) is 24.7 Å². The summed E-state index contributed by atoms with van der Waals surface area (Å²) in [5, 5.41) is 13.4. The van der Waals surface area contributed by atoms with Crippen molar-refractivity contribution in [2.24, 2.45) is 0 Å². The number of sulfonamides is 1. The Bertz CT molecular complexity index is 675. The molecule has 0 spiro atoms. The molecule has 2 N–H and O–H groups in total. The van der Waals surface area contributed by atoms with Crippen LogP contribution in [0.4, 0.5) is 5.13 Å². The van der Waals surface area contributed by atoms with Crippen molar-refractivity contribution in [1.82, 2.24) is 15.5 Å². The minimum atomic E-state index is -3.58. The number of aromatic nitrogens is 2. The molecule has 2 heterocycles. The highest BCUT2D eigenvalue weighted by Gasteiger charge is 2.18. The molecule has 20 heavy (non-hydrogen) atoms. The van der Waals surface area contributed by atoms with Crippen LogP contribution < -0.4 is 10.0 Å². The third-order valence-corrected chi connectivity index (χ3v) is 5.66. The fourth-order valence-corrected chi connectivity index (χ4v) is 4.46. The first kappa shape index (κ1) is 15.4. The van der Waals surface area contributed by atoms with E-state index >= 15 is 0 Å². The number of nitrogens with zero attached hydrogens (tertiary/aromatic N) is 2. The van der Waals surface area contributed by atoms with Gasteiger partial charge in [-0.1, -0.05) is 25.2 Å². The molecule has 0 saturated heterocycles. The van der Waals surface area contributed by atoms with E-state index in [-0.39, 0.29) is 10.0 Å². The molecule has 0 aliphatic carbocycles. The summed E-state index contributed by atoms with van der Waals surface area (Å²) < 4.78 is 26.8. The lowest BCUT2D eigenvalue weighted by Crippen LogP contribution is -2.21. The topological polar surface area (TPSA) is 84.0 Å². The van der Waals surface area contributed by atoms with Crippen molar-refractivity contribution in [2.75, 3.05) is 4.72 Å². The molecule has 2 rings (SSSR count). The van der Waals surface area contributed by atoms with Gasteiger partial charge in [-0.25, -0.2) is 8.42 Å². The lowest BCUT2D eigenvalue weighted by atomic mass is 10.4. The fraction of sp³-hybridized carbons (Fsp3) is 0.455. The van der Waals surface area contributed by atoms with Crippen LogP contribution in [0.15, 0.2) is 16.3 Å². The first-order valence-corrected chi connectivity index (χ1v) is 9.18. The summed E-state index contributed by atoms with van der Waals surface area (Å²) in [5.74, 6) is 0. The molecule has 0 bridgehead atoms. The minimum Gasteiger partial charge on any atom is -0.310 e. The third kappa shape index (κ3) is 3.98. The maximum absolute atomic E-state index is 12.2. The van der Waals surface area contributed by atoms with Crippen molar-refractivity contribution in [3.05, 3.63) is 21.3 Å². The van der Waals surface area contributed by atoms with Crippen LogP contribution in [0.25, 0.3) is 0 Å². The van der Waals surface area contributed by atoms with Gasteiger partial charge in [0.05, 0.1) is 4.90 Å². The van der Waals surface area contributed by atoms with Gasteiger partial charge in [-0.15, -0.1) is 21.5 Å². The summed E-state index contributed by atoms with van der Waals surface area (Å²) in [6.45, 7) is 6.53. The van der Waals surface area contributed by atoms with Crippen molar-refractivity contribution in [1.29, 1.82) is 0 Å². The van der Waals surface area contributed by atoms with Crippen LogP contribution in [0.5, 0.6) is 0 Å². The molecule has 2 aromatic rings. The van der Waals surface area contributed by atoms with Crippen molar-refractivity contribution in [3.8, 4) is 0 Å². The number of hydrogen-bond donors (Lipinski definition) is 2. The minimum absolute atomic E-state index is 0.260. The predicted octanol–water partition coefficient (Wildman–Crippen LogP) is 2.21. The first-order chi connectivity index (χ1) is 9.37. The van der Waals surface area contributed by atoms with E-state index in [1.54, 1.807) is 18.4 Å². The van der Waals surface area contributed by atoms with E-state index in [2.05, 4.69) is 20.2 Å². The lowest BCUT2D eigenvalue weighted by Gasteiger charge is -2.05. The van der Waals surface area contributed by atoms with Crippen molar-refractivity contribution >= 4 is 37.8 Å². The van der Waals surface area contributed by atoms with Crippen LogP contribution in [0.3, 0.4) is 0 Å². The van der Waals surface area contributed by atoms with E-state index in [1.807, 2.05) is 13.8 Å². The quantitative estimate of drug-likeness (QED) is 0.847. The number of nitrogens with one attached hydrogen (secondary N) is 2. The maximum atomic E-state index is 12.2. The molecule has 0 unspecified atom stereocenters. The van der Waals surface area contributed by atoms with E-state index in [1.165, 1.54) is 22.7 Å². The zero-order valence-electron chi connectivity index (χ0n) is 11.4. The summed E-state index contributed by atoms with van der Waals surface area (Å²) in [7, 11) is -3.58. The van der Waals surface area contributed by atoms with Crippen molar-refractivity contribution in [3.63, 3.8) is 0 Å². The highest BCUT2D eigenvalue weighted by atomic mass is 32.2. The zero-order valence-corrected chi connectivity index (χ0v) is 13.8. The number of aryl methyl sites for hydroxylation is 1. The predicted molar refractivity (Wildman–Crippen MR) is 81.7 cm³/mol. The SMILES string of the molecule is Cc1nnc(NS(=O)(=O)c2csc(CNC(C)C)c2)s1. The first-order valence-electron chi connectivity index (χ1n) is 6.00. The highest BCUT2D eigenvalue weighted by Crippen LogP contribution is 2.23. The van der Waals surface area contributed by atoms with E-state index in [9.17, 15) is 8.42 Å². The molecule has 0 saturated carbocycles. The monoisotopic (exact) mass is 332 g/mol. The van der Waals surface area contributed by atoms with Crippen LogP contribution in [0.2, 0.25) is 0 Å². The van der Waals surface area contributed by atoms with Crippen molar-refractivity contribution < 1.29 is 8.42 Å². The van der Waals surface area contributed by atoms with Crippen LogP contribution in [0, 0.1) is 6.92 Å². The third-order valence-electron chi connectivity index (χ3n) is 2.37. The summed E-state index contributed by atoms with van der Waals surface area (Å²) in [5.41, 5.74) is 0. The Kier molecular flexibility index (Phi) is 4.74. The maximum Gasteiger partial charge on any atom is 0.264 e. The zero-order chi connectivity index (χ0) is 14.8. The van der Waals surface area contributed by atoms with Gasteiger partial charge in [0.1, 0.15) is 5.01 Å². The molecule has 0 aromatic carbocycles. The standard InChI is InChI=1S/C11H16N4O2S3/c1-7(2)12-5-9-4-10(6-18-9)20(16,17)15-11-14-13-8(3)19-11/h4,6-7,12H,5H2,1-3H3,(H,14,15). The molecular formula is C11H16N4O2S3. The van der Waals surface area contributed by atoms with Gasteiger partial charge in [-0.2, -0.15) is 0 Å². The fourth-order valence-electron chi connectivity index (χ4n) is 1.41. The van der Waals surface area contributed by atoms with Crippen molar-refractivity contribution in [2.45, 2.75) is 38.3 Å². The number of hydrogen-bond acceptors (Lipinski definition) is 7. The van der Waals surface area contributed by atoms with Crippen LogP contribution in [-0.2, 0) is 16.6 Å². The number of rotatable bonds is 6. The molecule has 110 valence electrons. The summed E-state index contributed by atoms with van der Waals surface area (Å²) in [6, 6.07) is 2.04. The van der Waals surface area contributed by atoms with E-state index in [0.717, 1.165) is 9.88 Å². The Hall–Kier alpha value is -1.03. The molecule has 0 atom stereocenters. The smallest absolute Gasteiger partial charge is 0.264 e. The van der Waals surface area contributed by atoms with Crippen LogP contribution >= 0.6 is 22.7 Å². The Morgan fingerprint density at radius 3 is 2.70 bits per heavy atom. The highest BCUT2D eigenvalue weighted by molar-refractivity contribution is 7.93. The second-order valence-electron chi connectivity index (χ2n) is 4.52. The Labute approximate surface area is 126 Å². The number of thiophene rings is 1. The molecule has 0 amide bonds. The van der Waals surface area contributed by atoms with Gasteiger partial charge in [0, 0.05) is 22.8 Å². The summed E-state index contributed by atoms with van der Waals surface area (Å²) >= 11 is 2.63. The van der Waals surface area contributed by atoms with Gasteiger partial charge in [-0.3, -0.25) is 4.72 Å². The molecule has 0 aliphatic rings. The second-order valence-corrected chi connectivity index (χ2v) is 8.38.